The number of benzene rings is 2. The van der Waals surface area contributed by atoms with Crippen LogP contribution in [0.1, 0.15) is 37.5 Å². The fraction of sp³-hybridized carbons (Fsp3) is 0.368. The molecule has 0 bridgehead atoms. The smallest absolute Gasteiger partial charge is 0.142 e. The van der Waals surface area contributed by atoms with Crippen LogP contribution in [0.5, 0.6) is 5.75 Å². The largest absolute Gasteiger partial charge is 0.506 e. The number of aliphatic hydroxyl groups excluding tert-OH is 1. The highest BCUT2D eigenvalue weighted by Crippen LogP contribution is 2.30. The van der Waals surface area contributed by atoms with E-state index in [4.69, 9.17) is 0 Å². The lowest BCUT2D eigenvalue weighted by molar-refractivity contribution is 0.129. The van der Waals surface area contributed by atoms with Crippen LogP contribution >= 0.6 is 45.2 Å². The Labute approximate surface area is 171 Å². The van der Waals surface area contributed by atoms with Crippen LogP contribution in [0.3, 0.4) is 0 Å². The topological polar surface area (TPSA) is 52.5 Å². The zero-order valence-corrected chi connectivity index (χ0v) is 18.2. The Morgan fingerprint density at radius 2 is 1.62 bits per heavy atom. The minimum atomic E-state index is -0.605. The summed E-state index contributed by atoms with van der Waals surface area (Å²) in [6.07, 6.45) is 1.44. The van der Waals surface area contributed by atoms with E-state index >= 15 is 0 Å². The fourth-order valence-electron chi connectivity index (χ4n) is 2.70. The van der Waals surface area contributed by atoms with Gasteiger partial charge in [0.05, 0.1) is 13.2 Å². The number of rotatable bonds is 7. The van der Waals surface area contributed by atoms with Crippen LogP contribution in [0.2, 0.25) is 0 Å². The molecule has 3 N–H and O–H groups in total. The second-order valence-corrected chi connectivity index (χ2v) is 8.48. The lowest BCUT2D eigenvalue weighted by Crippen LogP contribution is -2.38. The maximum Gasteiger partial charge on any atom is 0.142 e. The molecule has 0 fully saturated rings. The van der Waals surface area contributed by atoms with Crippen molar-refractivity contribution in [1.82, 2.24) is 5.32 Å². The fourth-order valence-corrected chi connectivity index (χ4v) is 4.51. The van der Waals surface area contributed by atoms with Crippen molar-refractivity contribution in [3.05, 3.63) is 60.7 Å². The molecule has 0 aliphatic rings. The van der Waals surface area contributed by atoms with Crippen LogP contribution in [0.4, 0.5) is 0 Å². The first kappa shape index (κ1) is 19.9. The third-order valence-corrected chi connectivity index (χ3v) is 5.76. The summed E-state index contributed by atoms with van der Waals surface area (Å²) >= 11 is 4.18. The summed E-state index contributed by atoms with van der Waals surface area (Å²) in [4.78, 5) is 0. The van der Waals surface area contributed by atoms with Crippen LogP contribution < -0.4 is 5.32 Å². The van der Waals surface area contributed by atoms with Crippen molar-refractivity contribution < 1.29 is 10.2 Å². The van der Waals surface area contributed by atoms with Crippen LogP contribution in [0, 0.1) is 7.14 Å². The molecule has 0 aliphatic carbocycles. The molecule has 2 aromatic carbocycles. The summed E-state index contributed by atoms with van der Waals surface area (Å²) in [6.45, 7) is 4.15. The molecule has 2 rings (SSSR count). The number of hydrogen-bond acceptors (Lipinski definition) is 3. The van der Waals surface area contributed by atoms with Gasteiger partial charge in [0.1, 0.15) is 5.75 Å². The van der Waals surface area contributed by atoms with Crippen molar-refractivity contribution in [3.63, 3.8) is 0 Å². The van der Waals surface area contributed by atoms with Crippen molar-refractivity contribution in [2.75, 3.05) is 0 Å². The maximum atomic E-state index is 10.6. The lowest BCUT2D eigenvalue weighted by atomic mass is 10.0. The van der Waals surface area contributed by atoms with E-state index in [0.29, 0.717) is 6.04 Å². The van der Waals surface area contributed by atoms with Crippen LogP contribution in [-0.4, -0.2) is 22.3 Å². The van der Waals surface area contributed by atoms with Gasteiger partial charge in [-0.2, -0.15) is 0 Å². The molecular formula is C19H23I2NO2. The Kier molecular flexibility index (Phi) is 7.77. The van der Waals surface area contributed by atoms with Gasteiger partial charge in [0.2, 0.25) is 0 Å². The van der Waals surface area contributed by atoms with E-state index in [-0.39, 0.29) is 11.8 Å². The molecule has 0 spiro atoms. The van der Waals surface area contributed by atoms with Gasteiger partial charge >= 0.3 is 0 Å². The molecule has 0 heterocycles. The van der Waals surface area contributed by atoms with E-state index in [1.807, 2.05) is 25.1 Å². The summed E-state index contributed by atoms with van der Waals surface area (Å²) < 4.78 is 1.52. The van der Waals surface area contributed by atoms with E-state index in [0.717, 1.165) is 25.5 Å². The molecule has 0 aromatic heterocycles. The quantitative estimate of drug-likeness (QED) is 0.440. The average molecular weight is 551 g/mol. The second-order valence-electron chi connectivity index (χ2n) is 6.16. The molecule has 3 atom stereocenters. The van der Waals surface area contributed by atoms with Gasteiger partial charge in [0, 0.05) is 12.1 Å². The predicted molar refractivity (Wildman–Crippen MR) is 115 cm³/mol. The number of aromatic hydroxyl groups is 1. The monoisotopic (exact) mass is 551 g/mol. The summed E-state index contributed by atoms with van der Waals surface area (Å²) in [6, 6.07) is 14.4. The second kappa shape index (κ2) is 9.35. The van der Waals surface area contributed by atoms with Crippen molar-refractivity contribution >= 4 is 45.2 Å². The van der Waals surface area contributed by atoms with Gasteiger partial charge in [0.25, 0.3) is 0 Å². The zero-order valence-electron chi connectivity index (χ0n) is 13.8. The summed E-state index contributed by atoms with van der Waals surface area (Å²) in [5.41, 5.74) is 2.17. The van der Waals surface area contributed by atoms with E-state index in [2.05, 4.69) is 81.7 Å². The maximum absolute atomic E-state index is 10.6. The number of halogens is 2. The molecule has 5 heteroatoms. The summed E-state index contributed by atoms with van der Waals surface area (Å²) in [7, 11) is 0. The molecular weight excluding hydrogens is 528 g/mol. The number of aliphatic hydroxyl groups is 1. The van der Waals surface area contributed by atoms with Gasteiger partial charge in [-0.15, -0.1) is 0 Å². The number of aryl methyl sites for hydroxylation is 1. The van der Waals surface area contributed by atoms with Gasteiger partial charge in [-0.25, -0.2) is 0 Å². The van der Waals surface area contributed by atoms with Crippen LogP contribution in [0.25, 0.3) is 0 Å². The van der Waals surface area contributed by atoms with Gasteiger partial charge in [-0.1, -0.05) is 30.3 Å². The predicted octanol–water partition coefficient (Wildman–Crippen LogP) is 4.63. The zero-order chi connectivity index (χ0) is 17.7. The number of phenols is 1. The molecule has 0 saturated heterocycles. The number of hydrogen-bond donors (Lipinski definition) is 3. The van der Waals surface area contributed by atoms with Gasteiger partial charge in [-0.3, -0.25) is 0 Å². The number of nitrogens with one attached hydrogen (secondary N) is 1. The Hall–Kier alpha value is -0.380. The first-order valence-electron chi connectivity index (χ1n) is 8.04. The highest BCUT2D eigenvalue weighted by molar-refractivity contribution is 14.1. The third-order valence-electron chi connectivity index (χ3n) is 4.11. The average Bonchev–Trinajstić information content (AvgIpc) is 2.57. The number of phenolic OH excluding ortho intramolecular Hbond substituents is 1. The SMILES string of the molecule is C[C@H](CCc1ccccc1)N[C@H](C)[C@H](O)c1cc(I)c(O)c(I)c1. The normalized spacial score (nSPS) is 15.0. The minimum Gasteiger partial charge on any atom is -0.506 e. The van der Waals surface area contributed by atoms with Gasteiger partial charge in [0.15, 0.2) is 0 Å². The lowest BCUT2D eigenvalue weighted by Gasteiger charge is -2.25. The van der Waals surface area contributed by atoms with E-state index in [1.54, 1.807) is 0 Å². The van der Waals surface area contributed by atoms with Crippen molar-refractivity contribution in [2.45, 2.75) is 44.9 Å². The summed E-state index contributed by atoms with van der Waals surface area (Å²) in [5, 5.41) is 24.0. The Bertz CT molecular complexity index is 641. The van der Waals surface area contributed by atoms with Gasteiger partial charge in [-0.05, 0) is 95.1 Å². The molecule has 0 radical (unpaired) electrons. The van der Waals surface area contributed by atoms with Crippen molar-refractivity contribution in [2.24, 2.45) is 0 Å². The Morgan fingerprint density at radius 1 is 1.04 bits per heavy atom. The van der Waals surface area contributed by atoms with Crippen LogP contribution in [-0.2, 0) is 6.42 Å². The van der Waals surface area contributed by atoms with Crippen LogP contribution in [0.15, 0.2) is 42.5 Å². The molecule has 2 aromatic rings. The third kappa shape index (κ3) is 5.57. The van der Waals surface area contributed by atoms with Gasteiger partial charge < -0.3 is 15.5 Å². The molecule has 0 aliphatic heterocycles. The van der Waals surface area contributed by atoms with E-state index in [9.17, 15) is 10.2 Å². The Morgan fingerprint density at radius 3 is 2.21 bits per heavy atom. The minimum absolute atomic E-state index is 0.0630. The van der Waals surface area contributed by atoms with E-state index < -0.39 is 6.10 Å². The van der Waals surface area contributed by atoms with E-state index in [1.165, 1.54) is 5.56 Å². The van der Waals surface area contributed by atoms with Crippen molar-refractivity contribution in [1.29, 1.82) is 0 Å². The molecule has 0 amide bonds. The molecule has 0 unspecified atom stereocenters. The first-order chi connectivity index (χ1) is 11.4. The molecule has 0 saturated carbocycles. The Balaban J connectivity index is 1.92. The molecule has 3 nitrogen and oxygen atoms in total. The summed E-state index contributed by atoms with van der Waals surface area (Å²) in [5.74, 6) is 0.281. The standard InChI is InChI=1S/C19H23I2NO2/c1-12(8-9-14-6-4-3-5-7-14)22-13(2)18(23)15-10-16(20)19(24)17(21)11-15/h3-7,10-13,18,22-24H,8-9H2,1-2H3/t12-,13-,18+/m1/s1. The molecule has 24 heavy (non-hydrogen) atoms. The van der Waals surface area contributed by atoms with Crippen molar-refractivity contribution in [3.8, 4) is 5.75 Å². The highest BCUT2D eigenvalue weighted by atomic mass is 127. The molecule has 130 valence electrons. The highest BCUT2D eigenvalue weighted by Gasteiger charge is 2.20. The first-order valence-corrected chi connectivity index (χ1v) is 10.2.